The minimum absolute atomic E-state index is 0.0267. The highest BCUT2D eigenvalue weighted by atomic mass is 16.3. The summed E-state index contributed by atoms with van der Waals surface area (Å²) in [6.45, 7) is 6.65. The van der Waals surface area contributed by atoms with Crippen molar-refractivity contribution in [2.24, 2.45) is 5.41 Å². The maximum Gasteiger partial charge on any atom is 0.0519 e. The molecule has 1 nitrogen and oxygen atoms in total. The third-order valence-electron chi connectivity index (χ3n) is 2.66. The number of aliphatic hydroxyl groups is 1. The van der Waals surface area contributed by atoms with Gasteiger partial charge in [0.1, 0.15) is 0 Å². The molecule has 0 radical (unpaired) electrons. The average Bonchev–Trinajstić information content (AvgIpc) is 2.05. The molecule has 0 aromatic rings. The van der Waals surface area contributed by atoms with Crippen LogP contribution in [0, 0.1) is 5.41 Å². The summed E-state index contributed by atoms with van der Waals surface area (Å²) < 4.78 is 0. The van der Waals surface area contributed by atoms with E-state index in [9.17, 15) is 0 Å². The Hall–Kier alpha value is -0.560. The lowest BCUT2D eigenvalue weighted by atomic mass is 9.79. The van der Waals surface area contributed by atoms with Crippen LogP contribution in [0.2, 0.25) is 0 Å². The zero-order chi connectivity index (χ0) is 9.19. The SMILES string of the molecule is CC(C)=C1C=CC(C)(CO)CC1. The molecule has 0 spiro atoms. The molecule has 0 saturated heterocycles. The Kier molecular flexibility index (Phi) is 2.73. The number of hydrogen-bond donors (Lipinski definition) is 1. The molecular formula is C11H18O. The topological polar surface area (TPSA) is 20.2 Å². The second kappa shape index (κ2) is 3.44. The van der Waals surface area contributed by atoms with Crippen molar-refractivity contribution in [1.82, 2.24) is 0 Å². The molecule has 1 N–H and O–H groups in total. The van der Waals surface area contributed by atoms with Crippen LogP contribution in [0.15, 0.2) is 23.3 Å². The Morgan fingerprint density at radius 3 is 2.58 bits per heavy atom. The normalized spacial score (nSPS) is 29.2. The van der Waals surface area contributed by atoms with Crippen molar-refractivity contribution >= 4 is 0 Å². The molecule has 68 valence electrons. The molecule has 0 fully saturated rings. The maximum atomic E-state index is 9.11. The first-order chi connectivity index (χ1) is 5.57. The highest BCUT2D eigenvalue weighted by molar-refractivity contribution is 5.28. The van der Waals surface area contributed by atoms with Gasteiger partial charge in [-0.05, 0) is 32.3 Å². The summed E-state index contributed by atoms with van der Waals surface area (Å²) in [4.78, 5) is 0. The molecule has 1 rings (SSSR count). The van der Waals surface area contributed by atoms with E-state index < -0.39 is 0 Å². The van der Waals surface area contributed by atoms with Gasteiger partial charge in [0.25, 0.3) is 0 Å². The predicted molar refractivity (Wildman–Crippen MR) is 51.9 cm³/mol. The fraction of sp³-hybridized carbons (Fsp3) is 0.636. The number of hydrogen-bond acceptors (Lipinski definition) is 1. The van der Waals surface area contributed by atoms with Gasteiger partial charge in [-0.1, -0.05) is 24.6 Å². The Balaban J connectivity index is 2.78. The van der Waals surface area contributed by atoms with Gasteiger partial charge < -0.3 is 5.11 Å². The molecule has 0 bridgehead atoms. The van der Waals surface area contributed by atoms with Crippen LogP contribution < -0.4 is 0 Å². The van der Waals surface area contributed by atoms with Crippen LogP contribution in [0.3, 0.4) is 0 Å². The van der Waals surface area contributed by atoms with Crippen LogP contribution in [0.5, 0.6) is 0 Å². The third kappa shape index (κ3) is 1.98. The first-order valence-corrected chi connectivity index (χ1v) is 4.54. The van der Waals surface area contributed by atoms with E-state index in [0.717, 1.165) is 12.8 Å². The van der Waals surface area contributed by atoms with Gasteiger partial charge >= 0.3 is 0 Å². The molecule has 1 unspecified atom stereocenters. The summed E-state index contributed by atoms with van der Waals surface area (Å²) >= 11 is 0. The summed E-state index contributed by atoms with van der Waals surface area (Å²) in [5.74, 6) is 0. The summed E-state index contributed by atoms with van der Waals surface area (Å²) in [6.07, 6.45) is 6.48. The smallest absolute Gasteiger partial charge is 0.0519 e. The van der Waals surface area contributed by atoms with E-state index in [1.807, 2.05) is 0 Å². The first kappa shape index (κ1) is 9.53. The van der Waals surface area contributed by atoms with Crippen molar-refractivity contribution in [3.8, 4) is 0 Å². The summed E-state index contributed by atoms with van der Waals surface area (Å²) in [5, 5.41) is 9.11. The van der Waals surface area contributed by atoms with Gasteiger partial charge in [-0.3, -0.25) is 0 Å². The summed E-state index contributed by atoms with van der Waals surface area (Å²) in [7, 11) is 0. The Bertz CT molecular complexity index is 221. The van der Waals surface area contributed by atoms with Crippen molar-refractivity contribution in [3.63, 3.8) is 0 Å². The minimum Gasteiger partial charge on any atom is -0.395 e. The highest BCUT2D eigenvalue weighted by Gasteiger charge is 2.23. The quantitative estimate of drug-likeness (QED) is 0.635. The second-order valence-corrected chi connectivity index (χ2v) is 4.17. The second-order valence-electron chi connectivity index (χ2n) is 4.17. The van der Waals surface area contributed by atoms with Gasteiger partial charge in [0.15, 0.2) is 0 Å². The van der Waals surface area contributed by atoms with Gasteiger partial charge in [-0.2, -0.15) is 0 Å². The lowest BCUT2D eigenvalue weighted by molar-refractivity contribution is 0.173. The minimum atomic E-state index is 0.0267. The van der Waals surface area contributed by atoms with Crippen LogP contribution in [0.25, 0.3) is 0 Å². The van der Waals surface area contributed by atoms with Gasteiger partial charge in [0.2, 0.25) is 0 Å². The van der Waals surface area contributed by atoms with Crippen molar-refractivity contribution in [2.75, 3.05) is 6.61 Å². The number of aliphatic hydroxyl groups excluding tert-OH is 1. The standard InChI is InChI=1S/C11H18O/c1-9(2)10-4-6-11(3,8-12)7-5-10/h4,6,12H,5,7-8H2,1-3H3. The molecule has 0 aliphatic heterocycles. The lowest BCUT2D eigenvalue weighted by Crippen LogP contribution is -2.21. The van der Waals surface area contributed by atoms with E-state index in [2.05, 4.69) is 32.9 Å². The van der Waals surface area contributed by atoms with E-state index in [0.29, 0.717) is 0 Å². The molecule has 12 heavy (non-hydrogen) atoms. The van der Waals surface area contributed by atoms with E-state index in [1.54, 1.807) is 0 Å². The fourth-order valence-electron chi connectivity index (χ4n) is 1.44. The molecule has 1 atom stereocenters. The molecule has 1 aliphatic rings. The molecule has 1 heteroatoms. The van der Waals surface area contributed by atoms with E-state index in [4.69, 9.17) is 5.11 Å². The largest absolute Gasteiger partial charge is 0.395 e. The van der Waals surface area contributed by atoms with Crippen molar-refractivity contribution in [2.45, 2.75) is 33.6 Å². The molecule has 0 aromatic carbocycles. The molecule has 0 amide bonds. The van der Waals surface area contributed by atoms with Crippen LogP contribution in [0.1, 0.15) is 33.6 Å². The molecule has 0 heterocycles. The average molecular weight is 166 g/mol. The van der Waals surface area contributed by atoms with E-state index in [-0.39, 0.29) is 12.0 Å². The lowest BCUT2D eigenvalue weighted by Gasteiger charge is -2.27. The van der Waals surface area contributed by atoms with Crippen LogP contribution in [-0.2, 0) is 0 Å². The molecule has 0 aromatic heterocycles. The monoisotopic (exact) mass is 166 g/mol. The third-order valence-corrected chi connectivity index (χ3v) is 2.66. The molecular weight excluding hydrogens is 148 g/mol. The Morgan fingerprint density at radius 2 is 2.25 bits per heavy atom. The van der Waals surface area contributed by atoms with Gasteiger partial charge in [-0.15, -0.1) is 0 Å². The van der Waals surface area contributed by atoms with Crippen molar-refractivity contribution in [3.05, 3.63) is 23.3 Å². The van der Waals surface area contributed by atoms with Crippen LogP contribution in [0.4, 0.5) is 0 Å². The zero-order valence-electron chi connectivity index (χ0n) is 8.22. The first-order valence-electron chi connectivity index (χ1n) is 4.54. The molecule has 1 aliphatic carbocycles. The highest BCUT2D eigenvalue weighted by Crippen LogP contribution is 2.32. The summed E-state index contributed by atoms with van der Waals surface area (Å²) in [6, 6.07) is 0. The van der Waals surface area contributed by atoms with Crippen LogP contribution >= 0.6 is 0 Å². The van der Waals surface area contributed by atoms with Crippen molar-refractivity contribution in [1.29, 1.82) is 0 Å². The van der Waals surface area contributed by atoms with Gasteiger partial charge in [0, 0.05) is 5.41 Å². The van der Waals surface area contributed by atoms with E-state index in [1.165, 1.54) is 11.1 Å². The molecule has 0 saturated carbocycles. The van der Waals surface area contributed by atoms with E-state index >= 15 is 0 Å². The zero-order valence-corrected chi connectivity index (χ0v) is 8.22. The fourth-order valence-corrected chi connectivity index (χ4v) is 1.44. The predicted octanol–water partition coefficient (Wildman–Crippen LogP) is 2.67. The van der Waals surface area contributed by atoms with Crippen LogP contribution in [-0.4, -0.2) is 11.7 Å². The van der Waals surface area contributed by atoms with Gasteiger partial charge in [0.05, 0.1) is 6.61 Å². The number of allylic oxidation sites excluding steroid dienone is 3. The Morgan fingerprint density at radius 1 is 1.58 bits per heavy atom. The van der Waals surface area contributed by atoms with Crippen molar-refractivity contribution < 1.29 is 5.11 Å². The van der Waals surface area contributed by atoms with Gasteiger partial charge in [-0.25, -0.2) is 0 Å². The number of rotatable bonds is 1. The Labute approximate surface area is 74.8 Å². The maximum absolute atomic E-state index is 9.11. The summed E-state index contributed by atoms with van der Waals surface area (Å²) in [5.41, 5.74) is 2.85.